The second-order valence-corrected chi connectivity index (χ2v) is 8.38. The molecule has 0 N–H and O–H groups in total. The van der Waals surface area contributed by atoms with Gasteiger partial charge in [-0.1, -0.05) is 17.8 Å². The average Bonchev–Trinajstić information content (AvgIpc) is 2.97. The van der Waals surface area contributed by atoms with Crippen molar-refractivity contribution < 1.29 is 9.53 Å². The van der Waals surface area contributed by atoms with E-state index in [2.05, 4.69) is 11.6 Å². The normalized spacial score (nSPS) is 11.0. The number of rotatable bonds is 8. The number of allylic oxidation sites excluding steroid dienone is 1. The summed E-state index contributed by atoms with van der Waals surface area (Å²) in [5, 5.41) is 1.20. The third-order valence-electron chi connectivity index (χ3n) is 4.39. The number of aryl methyl sites for hydroxylation is 2. The van der Waals surface area contributed by atoms with Gasteiger partial charge in [0.1, 0.15) is 10.6 Å². The Labute approximate surface area is 172 Å². The van der Waals surface area contributed by atoms with Crippen LogP contribution >= 0.6 is 23.1 Å². The first-order valence-electron chi connectivity index (χ1n) is 8.96. The van der Waals surface area contributed by atoms with Crippen LogP contribution in [0.25, 0.3) is 10.2 Å². The third-order valence-corrected chi connectivity index (χ3v) is 6.46. The summed E-state index contributed by atoms with van der Waals surface area (Å²) in [6.45, 7) is 10.5. The van der Waals surface area contributed by atoms with E-state index in [4.69, 9.17) is 4.74 Å². The molecule has 0 fully saturated rings. The molecule has 0 aliphatic rings. The van der Waals surface area contributed by atoms with Crippen molar-refractivity contribution >= 4 is 39.1 Å². The first kappa shape index (κ1) is 20.4. The van der Waals surface area contributed by atoms with E-state index in [0.29, 0.717) is 29.3 Å². The predicted octanol–water partition coefficient (Wildman–Crippen LogP) is 4.63. The summed E-state index contributed by atoms with van der Waals surface area (Å²) in [4.78, 5) is 32.0. The highest BCUT2D eigenvalue weighted by Gasteiger charge is 2.17. The summed E-state index contributed by atoms with van der Waals surface area (Å²) in [5.74, 6) is 0.917. The summed E-state index contributed by atoms with van der Waals surface area (Å²) < 4.78 is 6.99. The Balaban J connectivity index is 1.87. The third kappa shape index (κ3) is 4.05. The van der Waals surface area contributed by atoms with Gasteiger partial charge in [0.15, 0.2) is 10.9 Å². The largest absolute Gasteiger partial charge is 0.494 e. The summed E-state index contributed by atoms with van der Waals surface area (Å²) in [7, 11) is 0. The number of Topliss-reactive ketones (excluding diaryl/α,β-unsaturated/α-hetero) is 1. The molecule has 1 aromatic carbocycles. The molecule has 0 atom stereocenters. The van der Waals surface area contributed by atoms with Crippen molar-refractivity contribution in [3.63, 3.8) is 0 Å². The molecule has 146 valence electrons. The molecule has 5 nitrogen and oxygen atoms in total. The molecule has 0 radical (unpaired) electrons. The molecule has 7 heteroatoms. The van der Waals surface area contributed by atoms with Gasteiger partial charge in [0.2, 0.25) is 0 Å². The number of ketones is 1. The van der Waals surface area contributed by atoms with E-state index >= 15 is 0 Å². The van der Waals surface area contributed by atoms with Gasteiger partial charge >= 0.3 is 0 Å². The van der Waals surface area contributed by atoms with E-state index in [-0.39, 0.29) is 17.1 Å². The van der Waals surface area contributed by atoms with Crippen molar-refractivity contribution in [1.82, 2.24) is 9.55 Å². The monoisotopic (exact) mass is 414 g/mol. The molecule has 0 amide bonds. The zero-order valence-corrected chi connectivity index (χ0v) is 17.8. The van der Waals surface area contributed by atoms with Gasteiger partial charge in [-0.25, -0.2) is 4.98 Å². The number of hydrogen-bond donors (Lipinski definition) is 0. The van der Waals surface area contributed by atoms with Crippen LogP contribution in [0.5, 0.6) is 5.75 Å². The molecule has 0 saturated carbocycles. The number of thioether (sulfide) groups is 1. The minimum Gasteiger partial charge on any atom is -0.494 e. The molecule has 2 aromatic heterocycles. The minimum atomic E-state index is -0.0808. The maximum Gasteiger partial charge on any atom is 0.263 e. The van der Waals surface area contributed by atoms with Gasteiger partial charge < -0.3 is 4.74 Å². The molecule has 0 unspecified atom stereocenters. The van der Waals surface area contributed by atoms with Crippen LogP contribution in [0.1, 0.15) is 27.7 Å². The number of fused-ring (bicyclic) bond motifs is 1. The second-order valence-electron chi connectivity index (χ2n) is 6.23. The molecule has 3 rings (SSSR count). The molecule has 0 aliphatic carbocycles. The number of nitrogens with zero attached hydrogens (tertiary/aromatic N) is 2. The van der Waals surface area contributed by atoms with E-state index in [0.717, 1.165) is 21.0 Å². The van der Waals surface area contributed by atoms with Gasteiger partial charge in [-0.2, -0.15) is 0 Å². The highest BCUT2D eigenvalue weighted by atomic mass is 32.2. The van der Waals surface area contributed by atoms with E-state index in [1.807, 2.05) is 20.8 Å². The molecule has 0 saturated heterocycles. The number of carbonyl (C=O) groups is 1. The molecule has 3 aromatic rings. The van der Waals surface area contributed by atoms with Crippen LogP contribution in [0.3, 0.4) is 0 Å². The van der Waals surface area contributed by atoms with Gasteiger partial charge in [-0.05, 0) is 50.6 Å². The highest BCUT2D eigenvalue weighted by Crippen LogP contribution is 2.28. The van der Waals surface area contributed by atoms with Gasteiger partial charge in [0, 0.05) is 17.0 Å². The Kier molecular flexibility index (Phi) is 6.36. The van der Waals surface area contributed by atoms with Gasteiger partial charge in [0.25, 0.3) is 5.56 Å². The molecule has 28 heavy (non-hydrogen) atoms. The van der Waals surface area contributed by atoms with Crippen molar-refractivity contribution in [2.45, 2.75) is 32.5 Å². The van der Waals surface area contributed by atoms with Gasteiger partial charge in [0.05, 0.1) is 17.7 Å². The van der Waals surface area contributed by atoms with Crippen LogP contribution in [0.4, 0.5) is 0 Å². The van der Waals surface area contributed by atoms with Crippen LogP contribution in [0.2, 0.25) is 0 Å². The van der Waals surface area contributed by atoms with Crippen LogP contribution in [0.15, 0.2) is 46.9 Å². The molecule has 0 spiro atoms. The number of thiophene rings is 1. The van der Waals surface area contributed by atoms with Crippen LogP contribution in [-0.2, 0) is 6.54 Å². The summed E-state index contributed by atoms with van der Waals surface area (Å²) >= 11 is 2.79. The average molecular weight is 415 g/mol. The topological polar surface area (TPSA) is 61.2 Å². The summed E-state index contributed by atoms with van der Waals surface area (Å²) in [6.07, 6.45) is 1.67. The Morgan fingerprint density at radius 1 is 1.32 bits per heavy atom. The van der Waals surface area contributed by atoms with Crippen LogP contribution in [-0.4, -0.2) is 27.7 Å². The Hall–Kier alpha value is -2.38. The Morgan fingerprint density at radius 2 is 2.04 bits per heavy atom. The van der Waals surface area contributed by atoms with Crippen molar-refractivity contribution in [1.29, 1.82) is 0 Å². The summed E-state index contributed by atoms with van der Waals surface area (Å²) in [6, 6.07) is 7.09. The zero-order chi connectivity index (χ0) is 20.3. The summed E-state index contributed by atoms with van der Waals surface area (Å²) in [5.41, 5.74) is 1.50. The lowest BCUT2D eigenvalue weighted by Crippen LogP contribution is -2.23. The number of aromatic nitrogens is 2. The van der Waals surface area contributed by atoms with Gasteiger partial charge in [-0.3, -0.25) is 14.2 Å². The lowest BCUT2D eigenvalue weighted by Gasteiger charge is -2.10. The van der Waals surface area contributed by atoms with Crippen LogP contribution < -0.4 is 10.3 Å². The zero-order valence-electron chi connectivity index (χ0n) is 16.2. The fourth-order valence-corrected chi connectivity index (χ4v) is 4.80. The lowest BCUT2D eigenvalue weighted by molar-refractivity contribution is 0.102. The molecule has 0 bridgehead atoms. The van der Waals surface area contributed by atoms with Crippen LogP contribution in [0, 0.1) is 13.8 Å². The standard InChI is InChI=1S/C21H22N2O3S2/c1-5-11-23-20(25)18-13(3)14(4)28-19(18)22-21(23)27-12-17(24)15-7-9-16(10-8-15)26-6-2/h5,7-10H,1,6,11-12H2,2-4H3. The van der Waals surface area contributed by atoms with E-state index in [9.17, 15) is 9.59 Å². The Morgan fingerprint density at radius 3 is 2.68 bits per heavy atom. The molecular weight excluding hydrogens is 392 g/mol. The smallest absolute Gasteiger partial charge is 0.263 e. The first-order valence-corrected chi connectivity index (χ1v) is 10.8. The first-order chi connectivity index (χ1) is 13.5. The number of carbonyl (C=O) groups excluding carboxylic acids is 1. The van der Waals surface area contributed by atoms with E-state index < -0.39 is 0 Å². The lowest BCUT2D eigenvalue weighted by atomic mass is 10.1. The van der Waals surface area contributed by atoms with Crippen molar-refractivity contribution in [2.24, 2.45) is 0 Å². The second kappa shape index (κ2) is 8.75. The van der Waals surface area contributed by atoms with Crippen molar-refractivity contribution in [3.8, 4) is 5.75 Å². The molecule has 2 heterocycles. The maximum absolute atomic E-state index is 13.0. The minimum absolute atomic E-state index is 0.0221. The number of ether oxygens (including phenoxy) is 1. The number of benzene rings is 1. The highest BCUT2D eigenvalue weighted by molar-refractivity contribution is 7.99. The maximum atomic E-state index is 13.0. The quantitative estimate of drug-likeness (QED) is 0.233. The molecular formula is C21H22N2O3S2. The van der Waals surface area contributed by atoms with Gasteiger partial charge in [-0.15, -0.1) is 17.9 Å². The SMILES string of the molecule is C=CCn1c(SCC(=O)c2ccc(OCC)cc2)nc2sc(C)c(C)c2c1=O. The van der Waals surface area contributed by atoms with E-state index in [1.54, 1.807) is 34.9 Å². The van der Waals surface area contributed by atoms with Crippen molar-refractivity contribution in [2.75, 3.05) is 12.4 Å². The molecule has 0 aliphatic heterocycles. The van der Waals surface area contributed by atoms with Crippen molar-refractivity contribution in [3.05, 3.63) is 63.3 Å². The Bertz CT molecular complexity index is 1080. The fourth-order valence-electron chi connectivity index (χ4n) is 2.83. The number of hydrogen-bond acceptors (Lipinski definition) is 6. The fraction of sp³-hybridized carbons (Fsp3) is 0.286. The van der Waals surface area contributed by atoms with E-state index in [1.165, 1.54) is 23.1 Å². The predicted molar refractivity (Wildman–Crippen MR) is 116 cm³/mol.